The molecular formula is C14H30O6Si. The zero-order valence-corrected chi connectivity index (χ0v) is 14.6. The van der Waals surface area contributed by atoms with Gasteiger partial charge in [0, 0.05) is 27.4 Å². The zero-order chi connectivity index (χ0) is 15.8. The SMILES string of the molecule is C=CCCC[Si](OCCOC)(OCCOC)OCCOC. The lowest BCUT2D eigenvalue weighted by Crippen LogP contribution is -2.47. The third-order valence-electron chi connectivity index (χ3n) is 2.72. The number of allylic oxidation sites excluding steroid dienone is 1. The van der Waals surface area contributed by atoms with Crippen LogP contribution in [0, 0.1) is 0 Å². The first-order valence-corrected chi connectivity index (χ1v) is 9.17. The summed E-state index contributed by atoms with van der Waals surface area (Å²) < 4.78 is 32.9. The molecule has 0 radical (unpaired) electrons. The molecule has 0 saturated carbocycles. The number of hydrogen-bond donors (Lipinski definition) is 0. The third kappa shape index (κ3) is 11.0. The second kappa shape index (κ2) is 14.6. The molecule has 0 atom stereocenters. The number of rotatable bonds is 16. The molecular weight excluding hydrogens is 292 g/mol. The lowest BCUT2D eigenvalue weighted by atomic mass is 10.3. The van der Waals surface area contributed by atoms with E-state index in [-0.39, 0.29) is 0 Å². The van der Waals surface area contributed by atoms with E-state index in [2.05, 4.69) is 6.58 Å². The quantitative estimate of drug-likeness (QED) is 0.246. The molecule has 0 amide bonds. The molecule has 0 bridgehead atoms. The van der Waals surface area contributed by atoms with Crippen molar-refractivity contribution in [1.82, 2.24) is 0 Å². The van der Waals surface area contributed by atoms with Crippen molar-refractivity contribution in [3.63, 3.8) is 0 Å². The summed E-state index contributed by atoms with van der Waals surface area (Å²) in [6.45, 7) is 6.64. The fraction of sp³-hybridized carbons (Fsp3) is 0.857. The van der Waals surface area contributed by atoms with Gasteiger partial charge in [0.2, 0.25) is 0 Å². The highest BCUT2D eigenvalue weighted by atomic mass is 28.4. The van der Waals surface area contributed by atoms with Gasteiger partial charge in [-0.15, -0.1) is 6.58 Å². The van der Waals surface area contributed by atoms with Gasteiger partial charge in [0.05, 0.1) is 39.6 Å². The van der Waals surface area contributed by atoms with E-state index in [1.54, 1.807) is 21.3 Å². The van der Waals surface area contributed by atoms with Crippen LogP contribution in [0.2, 0.25) is 6.04 Å². The predicted octanol–water partition coefficient (Wildman–Crippen LogP) is 1.88. The Kier molecular flexibility index (Phi) is 14.4. The van der Waals surface area contributed by atoms with Crippen LogP contribution in [0.3, 0.4) is 0 Å². The minimum Gasteiger partial charge on any atom is -0.382 e. The van der Waals surface area contributed by atoms with E-state index in [0.29, 0.717) is 39.6 Å². The standard InChI is InChI=1S/C14H30O6Si/c1-5-6-7-14-21(18-11-8-15-2,19-12-9-16-3)20-13-10-17-4/h5H,1,6-14H2,2-4H3. The minimum atomic E-state index is -2.73. The Labute approximate surface area is 129 Å². The average Bonchev–Trinajstić information content (AvgIpc) is 2.48. The van der Waals surface area contributed by atoms with Crippen molar-refractivity contribution >= 4 is 8.80 Å². The van der Waals surface area contributed by atoms with Crippen molar-refractivity contribution in [3.05, 3.63) is 12.7 Å². The molecule has 0 rings (SSSR count). The van der Waals surface area contributed by atoms with Crippen molar-refractivity contribution in [1.29, 1.82) is 0 Å². The average molecular weight is 322 g/mol. The second-order valence-corrected chi connectivity index (χ2v) is 7.12. The Hall–Kier alpha value is -0.283. The molecule has 6 nitrogen and oxygen atoms in total. The summed E-state index contributed by atoms with van der Waals surface area (Å²) in [6, 6.07) is 0.746. The van der Waals surface area contributed by atoms with Crippen LogP contribution in [0.5, 0.6) is 0 Å². The molecule has 0 N–H and O–H groups in total. The maximum absolute atomic E-state index is 5.93. The summed E-state index contributed by atoms with van der Waals surface area (Å²) in [5.74, 6) is 0. The van der Waals surface area contributed by atoms with Crippen LogP contribution in [-0.4, -0.2) is 69.8 Å². The van der Waals surface area contributed by atoms with Crippen molar-refractivity contribution in [3.8, 4) is 0 Å². The Balaban J connectivity index is 4.56. The highest BCUT2D eigenvalue weighted by Gasteiger charge is 2.40. The van der Waals surface area contributed by atoms with Gasteiger partial charge in [-0.05, 0) is 12.8 Å². The van der Waals surface area contributed by atoms with E-state index in [0.717, 1.165) is 18.9 Å². The van der Waals surface area contributed by atoms with Crippen LogP contribution < -0.4 is 0 Å². The van der Waals surface area contributed by atoms with Gasteiger partial charge in [0.25, 0.3) is 0 Å². The minimum absolute atomic E-state index is 0.455. The molecule has 0 saturated heterocycles. The van der Waals surface area contributed by atoms with E-state index < -0.39 is 8.80 Å². The van der Waals surface area contributed by atoms with Crippen LogP contribution in [0.15, 0.2) is 12.7 Å². The first-order chi connectivity index (χ1) is 10.2. The molecule has 0 aliphatic carbocycles. The summed E-state index contributed by atoms with van der Waals surface area (Å²) >= 11 is 0. The van der Waals surface area contributed by atoms with Crippen molar-refractivity contribution in [2.75, 3.05) is 61.0 Å². The van der Waals surface area contributed by atoms with Crippen LogP contribution in [0.1, 0.15) is 12.8 Å². The Morgan fingerprint density at radius 3 is 1.52 bits per heavy atom. The van der Waals surface area contributed by atoms with Gasteiger partial charge in [0.15, 0.2) is 0 Å². The van der Waals surface area contributed by atoms with E-state index in [1.165, 1.54) is 0 Å². The molecule has 0 fully saturated rings. The Bertz CT molecular complexity index is 213. The number of methoxy groups -OCH3 is 3. The molecule has 0 aromatic heterocycles. The summed E-state index contributed by atoms with van der Waals surface area (Å²) in [7, 11) is 2.19. The van der Waals surface area contributed by atoms with Gasteiger partial charge in [-0.3, -0.25) is 0 Å². The normalized spacial score (nSPS) is 11.8. The first-order valence-electron chi connectivity index (χ1n) is 7.24. The summed E-state index contributed by atoms with van der Waals surface area (Å²) in [6.07, 6.45) is 3.71. The van der Waals surface area contributed by atoms with Crippen molar-refractivity contribution < 1.29 is 27.5 Å². The van der Waals surface area contributed by atoms with Crippen LogP contribution in [-0.2, 0) is 27.5 Å². The smallest absolute Gasteiger partial charge is 0.382 e. The van der Waals surface area contributed by atoms with E-state index in [9.17, 15) is 0 Å². The molecule has 0 unspecified atom stereocenters. The molecule has 0 aliphatic heterocycles. The summed E-state index contributed by atoms with van der Waals surface area (Å²) in [5.41, 5.74) is 0. The highest BCUT2D eigenvalue weighted by Crippen LogP contribution is 2.19. The fourth-order valence-corrected chi connectivity index (χ4v) is 4.15. The molecule has 0 aromatic carbocycles. The van der Waals surface area contributed by atoms with Crippen LogP contribution in [0.25, 0.3) is 0 Å². The van der Waals surface area contributed by atoms with E-state index >= 15 is 0 Å². The van der Waals surface area contributed by atoms with Gasteiger partial charge in [-0.2, -0.15) is 0 Å². The van der Waals surface area contributed by atoms with Gasteiger partial charge in [0.1, 0.15) is 0 Å². The lowest BCUT2D eigenvalue weighted by molar-refractivity contribution is 0.0144. The molecule has 0 aromatic rings. The second-order valence-electron chi connectivity index (χ2n) is 4.39. The number of hydrogen-bond acceptors (Lipinski definition) is 6. The summed E-state index contributed by atoms with van der Waals surface area (Å²) in [4.78, 5) is 0. The molecule has 0 aliphatic rings. The first kappa shape index (κ1) is 20.7. The number of unbranched alkanes of at least 4 members (excludes halogenated alkanes) is 1. The molecule has 7 heteroatoms. The van der Waals surface area contributed by atoms with Gasteiger partial charge in [-0.1, -0.05) is 6.08 Å². The monoisotopic (exact) mass is 322 g/mol. The van der Waals surface area contributed by atoms with Crippen LogP contribution >= 0.6 is 0 Å². The summed E-state index contributed by atoms with van der Waals surface area (Å²) in [5, 5.41) is 0. The topological polar surface area (TPSA) is 55.4 Å². The van der Waals surface area contributed by atoms with Crippen LogP contribution in [0.4, 0.5) is 0 Å². The maximum Gasteiger partial charge on any atom is 0.501 e. The van der Waals surface area contributed by atoms with Gasteiger partial charge in [-0.25, -0.2) is 0 Å². The lowest BCUT2D eigenvalue weighted by Gasteiger charge is -2.29. The van der Waals surface area contributed by atoms with Crippen molar-refractivity contribution in [2.45, 2.75) is 18.9 Å². The zero-order valence-electron chi connectivity index (χ0n) is 13.6. The molecule has 0 spiro atoms. The molecule has 0 heterocycles. The molecule has 21 heavy (non-hydrogen) atoms. The largest absolute Gasteiger partial charge is 0.501 e. The highest BCUT2D eigenvalue weighted by molar-refractivity contribution is 6.60. The predicted molar refractivity (Wildman–Crippen MR) is 83.5 cm³/mol. The fourth-order valence-electron chi connectivity index (χ4n) is 1.65. The third-order valence-corrected chi connectivity index (χ3v) is 5.62. The van der Waals surface area contributed by atoms with Gasteiger partial charge >= 0.3 is 8.80 Å². The van der Waals surface area contributed by atoms with E-state index in [4.69, 9.17) is 27.5 Å². The Morgan fingerprint density at radius 2 is 1.19 bits per heavy atom. The maximum atomic E-state index is 5.93. The molecule has 126 valence electrons. The Morgan fingerprint density at radius 1 is 0.762 bits per heavy atom. The number of ether oxygens (including phenoxy) is 3. The van der Waals surface area contributed by atoms with Gasteiger partial charge < -0.3 is 27.5 Å². The van der Waals surface area contributed by atoms with E-state index in [1.807, 2.05) is 6.08 Å². The van der Waals surface area contributed by atoms with Crippen molar-refractivity contribution in [2.24, 2.45) is 0 Å².